The van der Waals surface area contributed by atoms with Crippen LogP contribution in [0.1, 0.15) is 11.1 Å². The number of nitrogens with one attached hydrogen (secondary N) is 1. The van der Waals surface area contributed by atoms with E-state index in [2.05, 4.69) is 5.32 Å². The molecule has 1 amide bonds. The van der Waals surface area contributed by atoms with Gasteiger partial charge in [0.15, 0.2) is 0 Å². The lowest BCUT2D eigenvalue weighted by Crippen LogP contribution is -2.28. The molecule has 18 heavy (non-hydrogen) atoms. The van der Waals surface area contributed by atoms with Crippen LogP contribution in [0, 0.1) is 0 Å². The molecule has 2 rings (SSSR count). The molecular formula is C13H15NO4. The lowest BCUT2D eigenvalue weighted by molar-refractivity contribution is -0.122. The van der Waals surface area contributed by atoms with Crippen LogP contribution in [0.15, 0.2) is 36.3 Å². The fraction of sp³-hybridized carbons (Fsp3) is 0.308. The molecule has 0 saturated carbocycles. The molecule has 0 atom stereocenters. The summed E-state index contributed by atoms with van der Waals surface area (Å²) in [6.45, 7) is 1.29. The van der Waals surface area contributed by atoms with Gasteiger partial charge in [-0.15, -0.1) is 0 Å². The molecule has 0 fully saturated rings. The van der Waals surface area contributed by atoms with Crippen LogP contribution in [0.4, 0.5) is 0 Å². The van der Waals surface area contributed by atoms with Gasteiger partial charge in [0.1, 0.15) is 19.5 Å². The maximum absolute atomic E-state index is 11.7. The van der Waals surface area contributed by atoms with Crippen LogP contribution in [0.2, 0.25) is 0 Å². The van der Waals surface area contributed by atoms with Gasteiger partial charge < -0.3 is 19.9 Å². The molecule has 1 aliphatic heterocycles. The van der Waals surface area contributed by atoms with Gasteiger partial charge in [0.25, 0.3) is 5.91 Å². The highest BCUT2D eigenvalue weighted by molar-refractivity contribution is 5.91. The Bertz CT molecular complexity index is 439. The Hall–Kier alpha value is -2.01. The zero-order chi connectivity index (χ0) is 12.8. The minimum absolute atomic E-state index is 0.0186. The molecule has 1 aromatic rings. The quantitative estimate of drug-likeness (QED) is 0.823. The highest BCUT2D eigenvalue weighted by Gasteiger charge is 2.14. The Morgan fingerprint density at radius 2 is 1.94 bits per heavy atom. The fourth-order valence-electron chi connectivity index (χ4n) is 1.52. The predicted molar refractivity (Wildman–Crippen MR) is 64.2 cm³/mol. The molecule has 1 aliphatic rings. The lowest BCUT2D eigenvalue weighted by atomic mass is 10.1. The molecule has 0 unspecified atom stereocenters. The fourth-order valence-corrected chi connectivity index (χ4v) is 1.52. The van der Waals surface area contributed by atoms with Crippen LogP contribution in [-0.4, -0.2) is 24.2 Å². The van der Waals surface area contributed by atoms with E-state index in [1.807, 2.05) is 24.3 Å². The molecule has 5 heteroatoms. The van der Waals surface area contributed by atoms with Gasteiger partial charge in [0, 0.05) is 6.54 Å². The first-order valence-electron chi connectivity index (χ1n) is 5.71. The Morgan fingerprint density at radius 3 is 2.56 bits per heavy atom. The molecule has 0 spiro atoms. The number of hydrogen-bond donors (Lipinski definition) is 2. The Kier molecular flexibility index (Phi) is 4.20. The van der Waals surface area contributed by atoms with E-state index in [1.165, 1.54) is 6.26 Å². The Balaban J connectivity index is 1.86. The molecule has 0 radical (unpaired) electrons. The van der Waals surface area contributed by atoms with Gasteiger partial charge in [-0.05, 0) is 11.1 Å². The van der Waals surface area contributed by atoms with E-state index in [1.54, 1.807) is 0 Å². The standard InChI is InChI=1S/C13H15NO4/c15-8-11-3-1-10(2-4-11)7-14-13(16)12-9-17-5-6-18-12/h1-4,9,15H,5-8H2,(H,14,16). The second-order valence-electron chi connectivity index (χ2n) is 3.86. The van der Waals surface area contributed by atoms with Crippen molar-refractivity contribution >= 4 is 5.91 Å². The van der Waals surface area contributed by atoms with E-state index < -0.39 is 0 Å². The number of rotatable bonds is 4. The zero-order valence-corrected chi connectivity index (χ0v) is 9.89. The summed E-state index contributed by atoms with van der Waals surface area (Å²) in [7, 11) is 0. The average molecular weight is 249 g/mol. The van der Waals surface area contributed by atoms with E-state index in [-0.39, 0.29) is 18.3 Å². The first-order valence-corrected chi connectivity index (χ1v) is 5.71. The number of carbonyl (C=O) groups is 1. The molecule has 2 N–H and O–H groups in total. The molecule has 0 saturated heterocycles. The summed E-state index contributed by atoms with van der Waals surface area (Å²) in [6, 6.07) is 7.36. The molecular weight excluding hydrogens is 234 g/mol. The average Bonchev–Trinajstić information content (AvgIpc) is 2.46. The van der Waals surface area contributed by atoms with Gasteiger partial charge in [-0.3, -0.25) is 4.79 Å². The van der Waals surface area contributed by atoms with Crippen LogP contribution >= 0.6 is 0 Å². The topological polar surface area (TPSA) is 67.8 Å². The second-order valence-corrected chi connectivity index (χ2v) is 3.86. The molecule has 1 aromatic carbocycles. The molecule has 5 nitrogen and oxygen atoms in total. The summed E-state index contributed by atoms with van der Waals surface area (Å²) in [5.74, 6) is -0.0887. The highest BCUT2D eigenvalue weighted by atomic mass is 16.6. The Labute approximate surface area is 105 Å². The second kappa shape index (κ2) is 6.07. The third-order valence-electron chi connectivity index (χ3n) is 2.53. The van der Waals surface area contributed by atoms with Crippen molar-refractivity contribution in [2.45, 2.75) is 13.2 Å². The third-order valence-corrected chi connectivity index (χ3v) is 2.53. The number of benzene rings is 1. The normalized spacial score (nSPS) is 14.2. The molecule has 0 aliphatic carbocycles. The van der Waals surface area contributed by atoms with Gasteiger partial charge in [-0.25, -0.2) is 0 Å². The van der Waals surface area contributed by atoms with Crippen LogP contribution in [0.25, 0.3) is 0 Å². The monoisotopic (exact) mass is 249 g/mol. The summed E-state index contributed by atoms with van der Waals surface area (Å²) in [5, 5.41) is 11.6. The van der Waals surface area contributed by atoms with Crippen molar-refractivity contribution in [2.75, 3.05) is 13.2 Å². The van der Waals surface area contributed by atoms with E-state index >= 15 is 0 Å². The molecule has 96 valence electrons. The van der Waals surface area contributed by atoms with Crippen molar-refractivity contribution in [3.05, 3.63) is 47.4 Å². The number of amides is 1. The highest BCUT2D eigenvalue weighted by Crippen LogP contribution is 2.06. The van der Waals surface area contributed by atoms with Crippen molar-refractivity contribution in [1.29, 1.82) is 0 Å². The van der Waals surface area contributed by atoms with Gasteiger partial charge in [-0.2, -0.15) is 0 Å². The van der Waals surface area contributed by atoms with Crippen LogP contribution in [0.3, 0.4) is 0 Å². The Morgan fingerprint density at radius 1 is 1.22 bits per heavy atom. The van der Waals surface area contributed by atoms with E-state index in [4.69, 9.17) is 14.6 Å². The maximum atomic E-state index is 11.7. The summed E-state index contributed by atoms with van der Waals surface area (Å²) in [6.07, 6.45) is 1.33. The summed E-state index contributed by atoms with van der Waals surface area (Å²) >= 11 is 0. The van der Waals surface area contributed by atoms with Crippen molar-refractivity contribution < 1.29 is 19.4 Å². The minimum atomic E-state index is -0.291. The van der Waals surface area contributed by atoms with E-state index in [0.717, 1.165) is 11.1 Å². The van der Waals surface area contributed by atoms with Crippen molar-refractivity contribution in [3.8, 4) is 0 Å². The summed E-state index contributed by atoms with van der Waals surface area (Å²) in [5.41, 5.74) is 1.80. The van der Waals surface area contributed by atoms with E-state index in [9.17, 15) is 4.79 Å². The molecule has 0 aromatic heterocycles. The number of ether oxygens (including phenoxy) is 2. The van der Waals surface area contributed by atoms with Crippen LogP contribution in [-0.2, 0) is 27.4 Å². The largest absolute Gasteiger partial charge is 0.494 e. The first kappa shape index (κ1) is 12.4. The predicted octanol–water partition coefficient (Wildman–Crippen LogP) is 0.683. The van der Waals surface area contributed by atoms with Crippen LogP contribution in [0.5, 0.6) is 0 Å². The number of hydrogen-bond acceptors (Lipinski definition) is 4. The number of aliphatic hydroxyl groups is 1. The van der Waals surface area contributed by atoms with Gasteiger partial charge in [0.2, 0.25) is 5.76 Å². The SMILES string of the molecule is O=C(NCc1ccc(CO)cc1)C1=COCCO1. The lowest BCUT2D eigenvalue weighted by Gasteiger charge is -2.15. The molecule has 1 heterocycles. The van der Waals surface area contributed by atoms with Gasteiger partial charge in [0.05, 0.1) is 6.61 Å². The molecule has 0 bridgehead atoms. The van der Waals surface area contributed by atoms with Crippen molar-refractivity contribution in [2.24, 2.45) is 0 Å². The minimum Gasteiger partial charge on any atom is -0.494 e. The summed E-state index contributed by atoms with van der Waals surface area (Å²) < 4.78 is 10.2. The van der Waals surface area contributed by atoms with Crippen molar-refractivity contribution in [1.82, 2.24) is 5.32 Å². The zero-order valence-electron chi connectivity index (χ0n) is 9.89. The van der Waals surface area contributed by atoms with E-state index in [0.29, 0.717) is 19.8 Å². The first-order chi connectivity index (χ1) is 8.79. The number of aliphatic hydroxyl groups excluding tert-OH is 1. The van der Waals surface area contributed by atoms with Crippen molar-refractivity contribution in [3.63, 3.8) is 0 Å². The third kappa shape index (κ3) is 3.24. The maximum Gasteiger partial charge on any atom is 0.289 e. The van der Waals surface area contributed by atoms with Gasteiger partial charge >= 0.3 is 0 Å². The van der Waals surface area contributed by atoms with Crippen LogP contribution < -0.4 is 5.32 Å². The van der Waals surface area contributed by atoms with Gasteiger partial charge in [-0.1, -0.05) is 24.3 Å². The summed E-state index contributed by atoms with van der Waals surface area (Å²) in [4.78, 5) is 11.7. The smallest absolute Gasteiger partial charge is 0.289 e. The number of carbonyl (C=O) groups excluding carboxylic acids is 1.